The number of pyridine rings is 1. The quantitative estimate of drug-likeness (QED) is 0.205. The Morgan fingerprint density at radius 3 is 2.26 bits per heavy atom. The third-order valence-electron chi connectivity index (χ3n) is 6.82. The van der Waals surface area contributed by atoms with E-state index in [4.69, 9.17) is 4.98 Å². The molecule has 0 spiro atoms. The Kier molecular flexibility index (Phi) is 6.75. The van der Waals surface area contributed by atoms with Crippen LogP contribution in [0.2, 0.25) is 0 Å². The highest BCUT2D eigenvalue weighted by molar-refractivity contribution is 5.91. The number of carbonyl (C=O) groups excluding carboxylic acids is 1. The van der Waals surface area contributed by atoms with E-state index in [1.54, 1.807) is 17.1 Å². The van der Waals surface area contributed by atoms with Gasteiger partial charge in [0.2, 0.25) is 5.91 Å². The van der Waals surface area contributed by atoms with Gasteiger partial charge >= 0.3 is 0 Å². The standard InChI is InChI=1S/C33H27FN4O/c34-24-19-21-30-28(22-24)27(33(36-30)31-20-18-23-10-7-8-16-29(23)35-31)15-9-17-32(39)37-38(25-11-3-1-4-12-25)26-13-5-2-6-14-26/h1-8,10-14,16,18-22,36H,9,15,17H2,(H,37,39). The van der Waals surface area contributed by atoms with Crippen molar-refractivity contribution in [3.63, 3.8) is 0 Å². The third kappa shape index (κ3) is 5.22. The fraction of sp³-hybridized carbons (Fsp3) is 0.0909. The van der Waals surface area contributed by atoms with Crippen molar-refractivity contribution in [1.82, 2.24) is 15.4 Å². The molecule has 0 aliphatic carbocycles. The fourth-order valence-electron chi connectivity index (χ4n) is 4.94. The van der Waals surface area contributed by atoms with Gasteiger partial charge in [-0.25, -0.2) is 9.37 Å². The summed E-state index contributed by atoms with van der Waals surface area (Å²) in [5, 5.41) is 3.67. The Bertz CT molecular complexity index is 1710. The molecular formula is C33H27FN4O. The van der Waals surface area contributed by atoms with Crippen molar-refractivity contribution < 1.29 is 9.18 Å². The molecule has 0 saturated heterocycles. The lowest BCUT2D eigenvalue weighted by atomic mass is 10.0. The van der Waals surface area contributed by atoms with E-state index in [0.29, 0.717) is 19.3 Å². The number of para-hydroxylation sites is 3. The van der Waals surface area contributed by atoms with Crippen molar-refractivity contribution in [1.29, 1.82) is 0 Å². The molecule has 2 heterocycles. The summed E-state index contributed by atoms with van der Waals surface area (Å²) in [4.78, 5) is 21.4. The minimum Gasteiger partial charge on any atom is -0.353 e. The molecule has 0 bridgehead atoms. The zero-order valence-electron chi connectivity index (χ0n) is 21.3. The van der Waals surface area contributed by atoms with Crippen LogP contribution in [0.5, 0.6) is 0 Å². The molecule has 0 aliphatic rings. The number of hydrogen-bond donors (Lipinski definition) is 2. The van der Waals surface area contributed by atoms with Gasteiger partial charge in [-0.3, -0.25) is 15.2 Å². The van der Waals surface area contributed by atoms with Crippen LogP contribution in [0.4, 0.5) is 15.8 Å². The lowest BCUT2D eigenvalue weighted by Gasteiger charge is -2.25. The van der Waals surface area contributed by atoms with E-state index in [0.717, 1.165) is 50.1 Å². The second-order valence-corrected chi connectivity index (χ2v) is 9.45. The van der Waals surface area contributed by atoms with Crippen molar-refractivity contribution >= 4 is 39.1 Å². The van der Waals surface area contributed by atoms with E-state index in [1.807, 2.05) is 97.1 Å². The molecule has 0 unspecified atom stereocenters. The third-order valence-corrected chi connectivity index (χ3v) is 6.82. The average Bonchev–Trinajstić information content (AvgIpc) is 3.34. The van der Waals surface area contributed by atoms with Gasteiger partial charge in [-0.05, 0) is 73.0 Å². The van der Waals surface area contributed by atoms with Crippen LogP contribution in [0.25, 0.3) is 33.2 Å². The van der Waals surface area contributed by atoms with Crippen LogP contribution in [0.3, 0.4) is 0 Å². The van der Waals surface area contributed by atoms with Gasteiger partial charge in [0.1, 0.15) is 5.82 Å². The average molecular weight is 515 g/mol. The number of rotatable bonds is 8. The molecule has 0 atom stereocenters. The summed E-state index contributed by atoms with van der Waals surface area (Å²) < 4.78 is 14.3. The van der Waals surface area contributed by atoms with Crippen LogP contribution in [0, 0.1) is 5.82 Å². The van der Waals surface area contributed by atoms with Crippen LogP contribution < -0.4 is 10.4 Å². The van der Waals surface area contributed by atoms with Crippen LogP contribution in [0.15, 0.2) is 115 Å². The van der Waals surface area contributed by atoms with Crippen LogP contribution >= 0.6 is 0 Å². The van der Waals surface area contributed by atoms with E-state index in [-0.39, 0.29) is 11.7 Å². The molecule has 2 N–H and O–H groups in total. The van der Waals surface area contributed by atoms with E-state index in [1.165, 1.54) is 6.07 Å². The van der Waals surface area contributed by atoms with Gasteiger partial charge < -0.3 is 4.98 Å². The molecule has 6 aromatic rings. The first-order chi connectivity index (χ1) is 19.2. The van der Waals surface area contributed by atoms with E-state index >= 15 is 0 Å². The second kappa shape index (κ2) is 10.8. The summed E-state index contributed by atoms with van der Waals surface area (Å²) in [5.74, 6) is -0.390. The molecule has 4 aromatic carbocycles. The SMILES string of the molecule is O=C(CCCc1c(-c2ccc3ccccc3n2)[nH]c2ccc(F)cc12)NN(c1ccccc1)c1ccccc1. The number of hydrazine groups is 1. The molecule has 39 heavy (non-hydrogen) atoms. The van der Waals surface area contributed by atoms with E-state index < -0.39 is 0 Å². The van der Waals surface area contributed by atoms with Crippen molar-refractivity contribution in [2.24, 2.45) is 0 Å². The van der Waals surface area contributed by atoms with Crippen LogP contribution in [-0.2, 0) is 11.2 Å². The normalized spacial score (nSPS) is 11.1. The zero-order chi connectivity index (χ0) is 26.6. The largest absolute Gasteiger partial charge is 0.353 e. The van der Waals surface area contributed by atoms with Crippen LogP contribution in [0.1, 0.15) is 18.4 Å². The highest BCUT2D eigenvalue weighted by Crippen LogP contribution is 2.32. The van der Waals surface area contributed by atoms with Gasteiger partial charge in [-0.2, -0.15) is 0 Å². The number of carbonyl (C=O) groups is 1. The molecule has 2 aromatic heterocycles. The maximum absolute atomic E-state index is 14.3. The minimum absolute atomic E-state index is 0.0980. The monoisotopic (exact) mass is 514 g/mol. The predicted octanol–water partition coefficient (Wildman–Crippen LogP) is 7.71. The lowest BCUT2D eigenvalue weighted by molar-refractivity contribution is -0.121. The summed E-state index contributed by atoms with van der Waals surface area (Å²) in [7, 11) is 0. The number of aryl methyl sites for hydroxylation is 1. The number of nitrogens with one attached hydrogen (secondary N) is 2. The summed E-state index contributed by atoms with van der Waals surface area (Å²) >= 11 is 0. The maximum Gasteiger partial charge on any atom is 0.238 e. The second-order valence-electron chi connectivity index (χ2n) is 9.45. The molecule has 0 radical (unpaired) electrons. The molecule has 6 rings (SSSR count). The molecule has 0 saturated carbocycles. The van der Waals surface area contributed by atoms with Crippen molar-refractivity contribution in [2.75, 3.05) is 5.01 Å². The fourth-order valence-corrected chi connectivity index (χ4v) is 4.94. The molecule has 0 fully saturated rings. The molecule has 1 amide bonds. The Morgan fingerprint density at radius 2 is 1.51 bits per heavy atom. The highest BCUT2D eigenvalue weighted by atomic mass is 19.1. The van der Waals surface area contributed by atoms with Gasteiger partial charge in [-0.1, -0.05) is 60.7 Å². The van der Waals surface area contributed by atoms with Gasteiger partial charge in [0.25, 0.3) is 0 Å². The molecule has 0 aliphatic heterocycles. The Morgan fingerprint density at radius 1 is 0.821 bits per heavy atom. The Labute approximate surface area is 225 Å². The number of amides is 1. The lowest BCUT2D eigenvalue weighted by Crippen LogP contribution is -2.38. The molecular weight excluding hydrogens is 487 g/mol. The first-order valence-electron chi connectivity index (χ1n) is 13.0. The van der Waals surface area contributed by atoms with Gasteiger partial charge in [0.05, 0.1) is 28.3 Å². The Hall–Kier alpha value is -4.97. The number of hydrogen-bond acceptors (Lipinski definition) is 3. The topological polar surface area (TPSA) is 61.0 Å². The van der Waals surface area contributed by atoms with Crippen LogP contribution in [-0.4, -0.2) is 15.9 Å². The van der Waals surface area contributed by atoms with Crippen molar-refractivity contribution in [3.05, 3.63) is 127 Å². The highest BCUT2D eigenvalue weighted by Gasteiger charge is 2.17. The summed E-state index contributed by atoms with van der Waals surface area (Å²) in [6.45, 7) is 0. The number of fused-ring (bicyclic) bond motifs is 2. The number of aromatic amines is 1. The number of H-pyrrole nitrogens is 1. The number of benzene rings is 4. The predicted molar refractivity (Wildman–Crippen MR) is 155 cm³/mol. The number of nitrogens with zero attached hydrogens (tertiary/aromatic N) is 2. The number of anilines is 2. The van der Waals surface area contributed by atoms with Crippen molar-refractivity contribution in [3.8, 4) is 11.4 Å². The summed E-state index contributed by atoms with van der Waals surface area (Å²) in [6.07, 6.45) is 1.49. The number of aromatic nitrogens is 2. The minimum atomic E-state index is -0.292. The van der Waals surface area contributed by atoms with E-state index in [9.17, 15) is 9.18 Å². The summed E-state index contributed by atoms with van der Waals surface area (Å²) in [6, 6.07) is 36.2. The molecule has 192 valence electrons. The first-order valence-corrected chi connectivity index (χ1v) is 13.0. The van der Waals surface area contributed by atoms with Crippen molar-refractivity contribution in [2.45, 2.75) is 19.3 Å². The molecule has 5 nitrogen and oxygen atoms in total. The van der Waals surface area contributed by atoms with E-state index in [2.05, 4.69) is 10.4 Å². The molecule has 6 heteroatoms. The first kappa shape index (κ1) is 24.4. The number of halogens is 1. The van der Waals surface area contributed by atoms with Gasteiger partial charge in [0, 0.05) is 22.7 Å². The zero-order valence-corrected chi connectivity index (χ0v) is 21.3. The Balaban J connectivity index is 1.24. The maximum atomic E-state index is 14.3. The smallest absolute Gasteiger partial charge is 0.238 e. The summed E-state index contributed by atoms with van der Waals surface area (Å²) in [5.41, 5.74) is 9.15. The van der Waals surface area contributed by atoms with Gasteiger partial charge in [0.15, 0.2) is 0 Å². The van der Waals surface area contributed by atoms with Gasteiger partial charge in [-0.15, -0.1) is 0 Å².